The van der Waals surface area contributed by atoms with E-state index in [-0.39, 0.29) is 17.8 Å². The number of benzene rings is 8. The molecule has 2 fully saturated rings. The molecule has 22 rings (SSSR count). The van der Waals surface area contributed by atoms with Crippen molar-refractivity contribution in [1.29, 1.82) is 0 Å². The lowest BCUT2D eigenvalue weighted by atomic mass is 9.84. The molecule has 0 saturated heterocycles. The van der Waals surface area contributed by atoms with E-state index in [0.29, 0.717) is 28.4 Å². The van der Waals surface area contributed by atoms with E-state index in [9.17, 15) is 0 Å². The molecule has 12 heteroatoms. The first-order chi connectivity index (χ1) is 59.9. The predicted molar refractivity (Wildman–Crippen MR) is 481 cm³/mol. The third-order valence-corrected chi connectivity index (χ3v) is 24.6. The molecule has 2 aliphatic rings. The molecule has 8 aromatic carbocycles. The van der Waals surface area contributed by atoms with Gasteiger partial charge in [0.05, 0.1) is 22.3 Å². The zero-order valence-electron chi connectivity index (χ0n) is 74.9. The highest BCUT2D eigenvalue weighted by molar-refractivity contribution is 6.25. The number of fused-ring (bicyclic) bond motifs is 20. The number of aryl methyl sites for hydroxylation is 9. The summed E-state index contributed by atoms with van der Waals surface area (Å²) in [6.07, 6.45) is 18.7. The Morgan fingerprint density at radius 1 is 0.331 bits per heavy atom. The molecule has 20 aromatic rings. The van der Waals surface area contributed by atoms with Crippen molar-refractivity contribution in [3.63, 3.8) is 0 Å². The number of rotatable bonds is 10. The van der Waals surface area contributed by atoms with Gasteiger partial charge < -0.3 is 17.7 Å². The topological polar surface area (TPSA) is 120 Å². The van der Waals surface area contributed by atoms with Crippen LogP contribution in [-0.2, 0) is 47.3 Å². The number of aromatic nitrogens is 8. The molecule has 0 spiro atoms. The second kappa shape index (κ2) is 31.3. The van der Waals surface area contributed by atoms with Crippen LogP contribution in [0.4, 0.5) is 0 Å². The fourth-order valence-corrected chi connectivity index (χ4v) is 18.9. The van der Waals surface area contributed by atoms with E-state index >= 15 is 0 Å². The number of hydrogen-bond acceptors (Lipinski definition) is 8. The molecule has 584 valence electrons. The summed E-state index contributed by atoms with van der Waals surface area (Å²) in [6.45, 7) is 14.5. The Morgan fingerprint density at radius 2 is 0.644 bits per heavy atom. The third-order valence-electron chi connectivity index (χ3n) is 24.6. The first-order valence-corrected chi connectivity index (χ1v) is 41.6. The maximum Gasteiger partial charge on any atom is 0.227 e. The Balaban J connectivity index is 0.000000109. The Kier molecular flexibility index (Phi) is 18.2. The van der Waals surface area contributed by atoms with Gasteiger partial charge >= 0.3 is 0 Å². The van der Waals surface area contributed by atoms with Crippen LogP contribution >= 0.6 is 0 Å². The second-order valence-corrected chi connectivity index (χ2v) is 32.6. The highest BCUT2D eigenvalue weighted by atomic mass is 16.4. The first-order valence-electron chi connectivity index (χ1n) is 44.6. The average Bonchev–Trinajstić information content (AvgIpc) is 1.67. The van der Waals surface area contributed by atoms with Gasteiger partial charge in [0.2, 0.25) is 45.6 Å². The molecule has 0 atom stereocenters. The Labute approximate surface area is 696 Å². The van der Waals surface area contributed by atoms with Crippen molar-refractivity contribution in [1.82, 2.24) is 19.9 Å². The minimum atomic E-state index is -1.42. The number of pyridine rings is 8. The molecular weight excluding hydrogens is 1450 g/mol. The van der Waals surface area contributed by atoms with Gasteiger partial charge in [0.25, 0.3) is 0 Å². The number of nitrogens with zero attached hydrogens (tertiary/aromatic N) is 8. The van der Waals surface area contributed by atoms with E-state index in [2.05, 4.69) is 207 Å². The van der Waals surface area contributed by atoms with Gasteiger partial charge in [-0.3, -0.25) is 0 Å². The molecule has 118 heavy (non-hydrogen) atoms. The summed E-state index contributed by atoms with van der Waals surface area (Å²) >= 11 is 0. The Morgan fingerprint density at radius 3 is 1.03 bits per heavy atom. The van der Waals surface area contributed by atoms with Crippen molar-refractivity contribution in [2.45, 2.75) is 125 Å². The average molecular weight is 1560 g/mol. The summed E-state index contributed by atoms with van der Waals surface area (Å²) < 4.78 is 86.9. The summed E-state index contributed by atoms with van der Waals surface area (Å²) in [4.78, 5) is 18.1. The quantitative estimate of drug-likeness (QED) is 0.124. The maximum atomic E-state index is 9.07. The van der Waals surface area contributed by atoms with Gasteiger partial charge in [0.15, 0.2) is 24.8 Å². The molecule has 0 amide bonds. The Hall–Kier alpha value is -12.8. The van der Waals surface area contributed by atoms with Crippen LogP contribution in [0.15, 0.2) is 261 Å². The molecule has 0 aliphatic heterocycles. The van der Waals surface area contributed by atoms with Crippen LogP contribution in [0.25, 0.3) is 176 Å². The van der Waals surface area contributed by atoms with E-state index < -0.39 is 19.1 Å². The van der Waals surface area contributed by atoms with Crippen molar-refractivity contribution < 1.29 is 44.2 Å². The fraction of sp³-hybridized carbons (Fsp3) is 0.245. The second-order valence-electron chi connectivity index (χ2n) is 32.6. The van der Waals surface area contributed by atoms with E-state index in [1.807, 2.05) is 133 Å². The lowest BCUT2D eigenvalue weighted by Crippen LogP contribution is -2.31. The largest absolute Gasteiger partial charge is 0.437 e. The fourth-order valence-electron chi connectivity index (χ4n) is 18.9. The normalized spacial score (nSPS) is 14.6. The molecule has 12 aromatic heterocycles. The summed E-state index contributed by atoms with van der Waals surface area (Å²) in [5.74, 6) is 0.0120. The van der Waals surface area contributed by atoms with Crippen LogP contribution in [0.1, 0.15) is 124 Å². The number of hydrogen-bond donors (Lipinski definition) is 0. The molecule has 12 heterocycles. The Bertz CT molecular complexity index is 7660. The van der Waals surface area contributed by atoms with Gasteiger partial charge in [-0.15, -0.1) is 0 Å². The van der Waals surface area contributed by atoms with Crippen LogP contribution in [0.5, 0.6) is 0 Å². The zero-order chi connectivity index (χ0) is 85.9. The first kappa shape index (κ1) is 68.4. The zero-order valence-corrected chi connectivity index (χ0v) is 68.9. The lowest BCUT2D eigenvalue weighted by molar-refractivity contribution is -0.660. The maximum absolute atomic E-state index is 9.07. The van der Waals surface area contributed by atoms with Crippen molar-refractivity contribution in [3.05, 3.63) is 288 Å². The van der Waals surface area contributed by atoms with Crippen LogP contribution in [-0.4, -0.2) is 19.9 Å². The SMILES string of the molecule is Cc1ccc2c(n1)oc1c3ccccc3c(C)c(-c3cccc[n+]3C)c21.[2H]C([2H])(c1cc[n+](C)c(-c2c(C)c3ccccc3c3oc4ncccc4c23)c1)C(C)C.[2H]C([2H])(c1cc[n+](C)c(-c2c(C)c3ccccc3c3oc4ncccc4c23)c1)C1CCCC1.[2H]C([2H])(c1cc[n+](C)c(-c2c(C)c3ccccc3c3oc4ncccc4c23)c1)C1CCCCC1. The monoisotopic (exact) mass is 1550 g/mol. The smallest absolute Gasteiger partial charge is 0.227 e. The van der Waals surface area contributed by atoms with Crippen molar-refractivity contribution in [2.24, 2.45) is 45.9 Å². The highest BCUT2D eigenvalue weighted by Crippen LogP contribution is 2.48. The summed E-state index contributed by atoms with van der Waals surface area (Å²) in [6, 6.07) is 67.8. The summed E-state index contributed by atoms with van der Waals surface area (Å²) in [5, 5.41) is 17.3. The van der Waals surface area contributed by atoms with Crippen LogP contribution < -0.4 is 18.3 Å². The van der Waals surface area contributed by atoms with Crippen molar-refractivity contribution in [3.8, 4) is 45.0 Å². The molecule has 2 saturated carbocycles. The van der Waals surface area contributed by atoms with Gasteiger partial charge in [-0.1, -0.05) is 169 Å². The number of furan rings is 4. The van der Waals surface area contributed by atoms with E-state index in [0.717, 1.165) is 211 Å². The van der Waals surface area contributed by atoms with Gasteiger partial charge in [-0.25, -0.2) is 38.2 Å². The predicted octanol–water partition coefficient (Wildman–Crippen LogP) is 25.1. The standard InChI is InChI=1S/C29H29N2O.C28H27N2O.C26H25N2O.C23H19N2O/c1-19-22-11-6-7-12-23(22)28-27(24-13-8-15-30-29(24)32-28)26(19)25-18-21(14-16-31(25)2)17-20-9-4-3-5-10-20;1-18-21-10-5-6-11-22(21)27-26(23-12-7-14-29-28(23)31-27)25(18)24-17-20(13-15-30(24)2)16-19-8-3-4-9-19;1-16(2)14-18-11-13-28(4)22(15-18)23-17(3)19-8-5-6-9-20(19)25-24(23)21-10-7-12-27-26(21)29-25;1-14-11-12-18-21-20(19-10-6-7-13-25(19)3)15(2)16-8-4-5-9-17(16)22(21)26-23(18)24-14/h6-8,11-16,18,20H,3-5,9-10,17H2,1-2H3;5-7,10-15,17,19H,3-4,8-9,16H2,1-2H3;5-13,15-16H,14H2,1-4H3;4-13H,1-3H3/q4*+1/i17D2;16D2;14D2;. The van der Waals surface area contributed by atoms with Gasteiger partial charge in [0, 0.05) is 146 Å². The van der Waals surface area contributed by atoms with Gasteiger partial charge in [-0.05, 0) is 187 Å². The summed E-state index contributed by atoms with van der Waals surface area (Å²) in [7, 11) is 8.16. The van der Waals surface area contributed by atoms with E-state index in [4.69, 9.17) is 25.9 Å². The van der Waals surface area contributed by atoms with E-state index in [1.54, 1.807) is 18.6 Å². The van der Waals surface area contributed by atoms with E-state index in [1.165, 1.54) is 39.8 Å². The molecule has 0 bridgehead atoms. The molecule has 2 aliphatic carbocycles. The van der Waals surface area contributed by atoms with Gasteiger partial charge in [-0.2, -0.15) is 0 Å². The lowest BCUT2D eigenvalue weighted by Gasteiger charge is -2.21. The third kappa shape index (κ3) is 13.5. The molecular formula is C106H100N8O4+4. The molecule has 0 N–H and O–H groups in total. The molecule has 0 radical (unpaired) electrons. The van der Waals surface area contributed by atoms with Crippen LogP contribution in [0.2, 0.25) is 0 Å². The highest BCUT2D eigenvalue weighted by Gasteiger charge is 2.31. The molecule has 0 unspecified atom stereocenters. The molecule has 12 nitrogen and oxygen atoms in total. The van der Waals surface area contributed by atoms with Crippen LogP contribution in [0.3, 0.4) is 0 Å². The van der Waals surface area contributed by atoms with Crippen molar-refractivity contribution >= 4 is 131 Å². The van der Waals surface area contributed by atoms with Crippen molar-refractivity contribution in [2.75, 3.05) is 0 Å². The van der Waals surface area contributed by atoms with Gasteiger partial charge in [0.1, 0.15) is 50.5 Å². The van der Waals surface area contributed by atoms with Crippen LogP contribution in [0, 0.1) is 52.4 Å². The minimum absolute atomic E-state index is 0.0680. The minimum Gasteiger partial charge on any atom is -0.437 e. The summed E-state index contributed by atoms with van der Waals surface area (Å²) in [5.41, 5.74) is 22.5.